The first-order chi connectivity index (χ1) is 13.7. The molecule has 1 aromatic carbocycles. The molecule has 5 rings (SSSR count). The van der Waals surface area contributed by atoms with Gasteiger partial charge in [0.15, 0.2) is 0 Å². The van der Waals surface area contributed by atoms with E-state index in [1.807, 2.05) is 6.07 Å². The van der Waals surface area contributed by atoms with Gasteiger partial charge in [0.1, 0.15) is 17.1 Å². The number of halogens is 1. The fourth-order valence-electron chi connectivity index (χ4n) is 4.22. The first kappa shape index (κ1) is 16.9. The quantitative estimate of drug-likeness (QED) is 0.677. The van der Waals surface area contributed by atoms with Gasteiger partial charge in [-0.1, -0.05) is 12.5 Å². The Labute approximate surface area is 161 Å². The van der Waals surface area contributed by atoms with Crippen LogP contribution in [0.5, 0.6) is 11.6 Å². The number of nitrogens with zero attached hydrogens (tertiary/aromatic N) is 3. The Bertz CT molecular complexity index is 1050. The molecule has 1 saturated carbocycles. The molecule has 0 atom stereocenters. The smallest absolute Gasteiger partial charge is 0.263 e. The number of anilines is 1. The van der Waals surface area contributed by atoms with Crippen molar-refractivity contribution < 1.29 is 13.9 Å². The molecule has 2 aromatic heterocycles. The summed E-state index contributed by atoms with van der Waals surface area (Å²) < 4.78 is 20.4. The van der Waals surface area contributed by atoms with Gasteiger partial charge in [-0.25, -0.2) is 9.37 Å². The first-order valence-corrected chi connectivity index (χ1v) is 9.32. The van der Waals surface area contributed by atoms with Crippen LogP contribution in [0.15, 0.2) is 61.1 Å². The third kappa shape index (κ3) is 2.56. The predicted octanol–water partition coefficient (Wildman–Crippen LogP) is 4.49. The molecule has 6 heteroatoms. The molecule has 0 bridgehead atoms. The molecule has 1 fully saturated rings. The van der Waals surface area contributed by atoms with Gasteiger partial charge in [-0.15, -0.1) is 0 Å². The number of hydrogen-bond donors (Lipinski definition) is 0. The third-order valence-corrected chi connectivity index (χ3v) is 5.68. The molecule has 140 valence electrons. The van der Waals surface area contributed by atoms with Crippen molar-refractivity contribution in [1.82, 2.24) is 9.97 Å². The van der Waals surface area contributed by atoms with Gasteiger partial charge >= 0.3 is 0 Å². The fraction of sp³-hybridized carbons (Fsp3) is 0.227. The van der Waals surface area contributed by atoms with Gasteiger partial charge in [0, 0.05) is 29.9 Å². The lowest BCUT2D eigenvalue weighted by atomic mass is 9.65. The van der Waals surface area contributed by atoms with E-state index in [1.165, 1.54) is 6.07 Å². The Balaban J connectivity index is 1.53. The summed E-state index contributed by atoms with van der Waals surface area (Å²) in [5, 5.41) is 0. The summed E-state index contributed by atoms with van der Waals surface area (Å²) in [6.45, 7) is 0.489. The Morgan fingerprint density at radius 3 is 2.71 bits per heavy atom. The number of pyridine rings is 2. The van der Waals surface area contributed by atoms with Crippen molar-refractivity contribution in [2.24, 2.45) is 0 Å². The summed E-state index contributed by atoms with van der Waals surface area (Å²) in [5.74, 6) is 0.250. The fourth-order valence-corrected chi connectivity index (χ4v) is 4.22. The standard InChI is InChI=1S/C22H18FN3O2/c23-17-7-1-8-18-19(17)22(9-4-10-22)14-26(18)21(27)16-6-3-12-25-20(16)28-15-5-2-11-24-13-15/h1-3,5-8,11-13H,4,9-10,14H2. The molecule has 3 aromatic rings. The Kier molecular flexibility index (Phi) is 3.86. The third-order valence-electron chi connectivity index (χ3n) is 5.68. The summed E-state index contributed by atoms with van der Waals surface area (Å²) in [6, 6.07) is 11.8. The highest BCUT2D eigenvalue weighted by Gasteiger charge is 2.50. The normalized spacial score (nSPS) is 16.5. The molecule has 3 heterocycles. The molecule has 2 aliphatic rings. The van der Waals surface area contributed by atoms with E-state index in [1.54, 1.807) is 53.8 Å². The molecule has 5 nitrogen and oxygen atoms in total. The van der Waals surface area contributed by atoms with Crippen LogP contribution in [0.25, 0.3) is 0 Å². The average molecular weight is 375 g/mol. The lowest BCUT2D eigenvalue weighted by Crippen LogP contribution is -2.41. The monoisotopic (exact) mass is 375 g/mol. The maximum atomic E-state index is 14.6. The van der Waals surface area contributed by atoms with Gasteiger partial charge in [0.05, 0.1) is 11.9 Å². The number of fused-ring (bicyclic) bond motifs is 2. The van der Waals surface area contributed by atoms with Crippen LogP contribution >= 0.6 is 0 Å². The Morgan fingerprint density at radius 1 is 1.11 bits per heavy atom. The maximum absolute atomic E-state index is 14.6. The minimum absolute atomic E-state index is 0.216. The van der Waals surface area contributed by atoms with Crippen molar-refractivity contribution in [3.8, 4) is 11.6 Å². The van der Waals surface area contributed by atoms with Crippen molar-refractivity contribution >= 4 is 11.6 Å². The van der Waals surface area contributed by atoms with Crippen molar-refractivity contribution in [2.75, 3.05) is 11.4 Å². The first-order valence-electron chi connectivity index (χ1n) is 9.32. The maximum Gasteiger partial charge on any atom is 0.263 e. The number of hydrogen-bond acceptors (Lipinski definition) is 4. The van der Waals surface area contributed by atoms with Gasteiger partial charge in [-0.2, -0.15) is 0 Å². The SMILES string of the molecule is O=C(c1cccnc1Oc1cccnc1)N1CC2(CCC2)c2c(F)cccc21. The van der Waals surface area contributed by atoms with Gasteiger partial charge in [-0.05, 0) is 49.2 Å². The lowest BCUT2D eigenvalue weighted by molar-refractivity contribution is 0.0976. The molecule has 1 spiro atoms. The van der Waals surface area contributed by atoms with Gasteiger partial charge in [0.2, 0.25) is 5.88 Å². The van der Waals surface area contributed by atoms with Crippen LogP contribution in [0.3, 0.4) is 0 Å². The molecule has 28 heavy (non-hydrogen) atoms. The molecule has 0 saturated heterocycles. The van der Waals surface area contributed by atoms with Crippen molar-refractivity contribution in [1.29, 1.82) is 0 Å². The zero-order valence-corrected chi connectivity index (χ0v) is 15.1. The lowest BCUT2D eigenvalue weighted by Gasteiger charge is -2.39. The number of ether oxygens (including phenoxy) is 1. The van der Waals surface area contributed by atoms with Crippen LogP contribution in [0.4, 0.5) is 10.1 Å². The largest absolute Gasteiger partial charge is 0.437 e. The molecule has 1 aliphatic heterocycles. The molecular weight excluding hydrogens is 357 g/mol. The van der Waals surface area contributed by atoms with Gasteiger partial charge in [0.25, 0.3) is 5.91 Å². The minimum Gasteiger partial charge on any atom is -0.437 e. The summed E-state index contributed by atoms with van der Waals surface area (Å²) in [7, 11) is 0. The highest BCUT2D eigenvalue weighted by Crippen LogP contribution is 2.53. The van der Waals surface area contributed by atoms with E-state index < -0.39 is 0 Å². The van der Waals surface area contributed by atoms with Crippen LogP contribution in [0.2, 0.25) is 0 Å². The zero-order chi connectivity index (χ0) is 19.1. The topological polar surface area (TPSA) is 55.3 Å². The van der Waals surface area contributed by atoms with E-state index in [2.05, 4.69) is 9.97 Å². The van der Waals surface area contributed by atoms with Crippen LogP contribution in [0.1, 0.15) is 35.2 Å². The molecular formula is C22H18FN3O2. The molecule has 0 radical (unpaired) electrons. The average Bonchev–Trinajstić information content (AvgIpc) is 3.06. The summed E-state index contributed by atoms with van der Waals surface area (Å²) >= 11 is 0. The van der Waals surface area contributed by atoms with Gasteiger partial charge in [-0.3, -0.25) is 9.78 Å². The second-order valence-corrected chi connectivity index (χ2v) is 7.31. The summed E-state index contributed by atoms with van der Waals surface area (Å²) in [4.78, 5) is 23.4. The molecule has 0 N–H and O–H groups in total. The second-order valence-electron chi connectivity index (χ2n) is 7.31. The van der Waals surface area contributed by atoms with E-state index in [-0.39, 0.29) is 23.0 Å². The predicted molar refractivity (Wildman–Crippen MR) is 102 cm³/mol. The number of amides is 1. The van der Waals surface area contributed by atoms with Crippen molar-refractivity contribution in [2.45, 2.75) is 24.7 Å². The highest BCUT2D eigenvalue weighted by atomic mass is 19.1. The van der Waals surface area contributed by atoms with E-state index >= 15 is 0 Å². The zero-order valence-electron chi connectivity index (χ0n) is 15.1. The Hall–Kier alpha value is -3.28. The number of benzene rings is 1. The minimum atomic E-state index is -0.261. The number of carbonyl (C=O) groups excluding carboxylic acids is 1. The van der Waals surface area contributed by atoms with Crippen LogP contribution in [-0.2, 0) is 5.41 Å². The summed E-state index contributed by atoms with van der Waals surface area (Å²) in [6.07, 6.45) is 7.64. The van der Waals surface area contributed by atoms with Crippen LogP contribution in [-0.4, -0.2) is 22.4 Å². The van der Waals surface area contributed by atoms with Crippen LogP contribution in [0, 0.1) is 5.82 Å². The molecule has 1 amide bonds. The van der Waals surface area contributed by atoms with Crippen LogP contribution < -0.4 is 9.64 Å². The van der Waals surface area contributed by atoms with E-state index in [4.69, 9.17) is 4.74 Å². The Morgan fingerprint density at radius 2 is 1.96 bits per heavy atom. The van der Waals surface area contributed by atoms with E-state index in [0.29, 0.717) is 29.1 Å². The second kappa shape index (κ2) is 6.41. The van der Waals surface area contributed by atoms with Gasteiger partial charge < -0.3 is 9.64 Å². The van der Waals surface area contributed by atoms with Crippen molar-refractivity contribution in [3.63, 3.8) is 0 Å². The van der Waals surface area contributed by atoms with E-state index in [0.717, 1.165) is 19.3 Å². The molecule has 1 aliphatic carbocycles. The number of carbonyl (C=O) groups is 1. The highest BCUT2D eigenvalue weighted by molar-refractivity contribution is 6.09. The summed E-state index contributed by atoms with van der Waals surface area (Å²) in [5.41, 5.74) is 1.41. The number of aromatic nitrogens is 2. The van der Waals surface area contributed by atoms with Crippen molar-refractivity contribution in [3.05, 3.63) is 78.0 Å². The molecule has 0 unspecified atom stereocenters. The number of rotatable bonds is 3. The van der Waals surface area contributed by atoms with E-state index in [9.17, 15) is 9.18 Å².